The summed E-state index contributed by atoms with van der Waals surface area (Å²) in [4.78, 5) is 2.51. The summed E-state index contributed by atoms with van der Waals surface area (Å²) < 4.78 is 11.0. The number of nitrogens with one attached hydrogen (secondary N) is 1. The van der Waals surface area contributed by atoms with Crippen molar-refractivity contribution in [2.45, 2.75) is 46.2 Å². The van der Waals surface area contributed by atoms with E-state index in [1.54, 1.807) is 0 Å². The highest BCUT2D eigenvalue weighted by Crippen LogP contribution is 2.37. The smallest absolute Gasteiger partial charge is 0.138 e. The second-order valence-electron chi connectivity index (χ2n) is 7.09. The molecule has 1 saturated heterocycles. The lowest BCUT2D eigenvalue weighted by atomic mass is 10.0. The largest absolute Gasteiger partial charge is 0.494 e. The van der Waals surface area contributed by atoms with E-state index in [4.69, 9.17) is 9.26 Å². The molecule has 1 N–H and O–H groups in total. The van der Waals surface area contributed by atoms with Crippen molar-refractivity contribution in [2.75, 3.05) is 13.2 Å². The van der Waals surface area contributed by atoms with Gasteiger partial charge < -0.3 is 9.26 Å². The molecular weight excluding hydrogens is 340 g/mol. The topological polar surface area (TPSA) is 67.2 Å². The van der Waals surface area contributed by atoms with Gasteiger partial charge in [-0.3, -0.25) is 10.00 Å². The Morgan fingerprint density at radius 2 is 2.07 bits per heavy atom. The van der Waals surface area contributed by atoms with E-state index in [9.17, 15) is 0 Å². The third-order valence-corrected chi connectivity index (χ3v) is 5.33. The molecule has 0 bridgehead atoms. The van der Waals surface area contributed by atoms with E-state index < -0.39 is 0 Å². The van der Waals surface area contributed by atoms with E-state index in [2.05, 4.69) is 32.4 Å². The van der Waals surface area contributed by atoms with Crippen molar-refractivity contribution in [3.05, 3.63) is 53.0 Å². The first kappa shape index (κ1) is 17.8. The second-order valence-corrected chi connectivity index (χ2v) is 7.09. The normalized spacial score (nSPS) is 17.5. The molecule has 3 heterocycles. The molecule has 1 unspecified atom stereocenters. The first-order valence-electron chi connectivity index (χ1n) is 9.59. The molecular formula is C21H26N4O2. The van der Waals surface area contributed by atoms with Crippen LogP contribution in [-0.4, -0.2) is 33.4 Å². The van der Waals surface area contributed by atoms with Crippen LogP contribution >= 0.6 is 0 Å². The van der Waals surface area contributed by atoms with Gasteiger partial charge in [0, 0.05) is 29.3 Å². The molecule has 27 heavy (non-hydrogen) atoms. The van der Waals surface area contributed by atoms with Crippen molar-refractivity contribution in [2.24, 2.45) is 0 Å². The highest BCUT2D eigenvalue weighted by molar-refractivity contribution is 5.63. The van der Waals surface area contributed by atoms with Gasteiger partial charge in [0.15, 0.2) is 0 Å². The molecule has 4 rings (SSSR count). The van der Waals surface area contributed by atoms with Crippen LogP contribution in [0.2, 0.25) is 0 Å². The molecule has 142 valence electrons. The van der Waals surface area contributed by atoms with Crippen LogP contribution in [0.1, 0.15) is 48.4 Å². The Morgan fingerprint density at radius 3 is 2.78 bits per heavy atom. The molecule has 1 aliphatic heterocycles. The van der Waals surface area contributed by atoms with Crippen molar-refractivity contribution in [1.29, 1.82) is 0 Å². The Hall–Kier alpha value is -2.60. The van der Waals surface area contributed by atoms with E-state index >= 15 is 0 Å². The van der Waals surface area contributed by atoms with E-state index in [0.717, 1.165) is 48.0 Å². The number of likely N-dealkylation sites (tertiary alicyclic amines) is 1. The molecule has 1 aliphatic rings. The van der Waals surface area contributed by atoms with E-state index in [0.29, 0.717) is 12.6 Å². The predicted octanol–water partition coefficient (Wildman–Crippen LogP) is 4.42. The van der Waals surface area contributed by atoms with Crippen LogP contribution in [0.25, 0.3) is 11.3 Å². The quantitative estimate of drug-likeness (QED) is 0.699. The lowest BCUT2D eigenvalue weighted by molar-refractivity contribution is 0.246. The molecule has 0 radical (unpaired) electrons. The summed E-state index contributed by atoms with van der Waals surface area (Å²) in [6.45, 7) is 8.63. The van der Waals surface area contributed by atoms with Gasteiger partial charge in [-0.05, 0) is 64.4 Å². The Labute approximate surface area is 159 Å². The Balaban J connectivity index is 1.56. The zero-order chi connectivity index (χ0) is 18.8. The number of aryl methyl sites for hydroxylation is 2. The monoisotopic (exact) mass is 366 g/mol. The maximum atomic E-state index is 5.54. The molecule has 6 nitrogen and oxygen atoms in total. The highest BCUT2D eigenvalue weighted by atomic mass is 16.5. The first-order chi connectivity index (χ1) is 13.2. The number of nitrogens with zero attached hydrogens (tertiary/aromatic N) is 3. The van der Waals surface area contributed by atoms with Gasteiger partial charge in [-0.1, -0.05) is 5.16 Å². The van der Waals surface area contributed by atoms with Gasteiger partial charge in [0.1, 0.15) is 11.5 Å². The van der Waals surface area contributed by atoms with Crippen molar-refractivity contribution < 1.29 is 9.26 Å². The molecule has 0 aliphatic carbocycles. The summed E-state index contributed by atoms with van der Waals surface area (Å²) in [5.74, 6) is 1.82. The zero-order valence-electron chi connectivity index (χ0n) is 16.2. The number of benzene rings is 1. The fourth-order valence-electron chi connectivity index (χ4n) is 4.09. The van der Waals surface area contributed by atoms with Gasteiger partial charge >= 0.3 is 0 Å². The summed E-state index contributed by atoms with van der Waals surface area (Å²) in [6.07, 6.45) is 4.26. The number of aromatic nitrogens is 3. The number of aromatic amines is 1. The average molecular weight is 366 g/mol. The third kappa shape index (κ3) is 3.49. The minimum absolute atomic E-state index is 0.360. The van der Waals surface area contributed by atoms with Crippen LogP contribution < -0.4 is 4.74 Å². The van der Waals surface area contributed by atoms with Crippen LogP contribution in [0.4, 0.5) is 0 Å². The van der Waals surface area contributed by atoms with E-state index in [1.165, 1.54) is 17.5 Å². The second kappa shape index (κ2) is 7.56. The van der Waals surface area contributed by atoms with Crippen LogP contribution in [-0.2, 0) is 6.54 Å². The molecule has 0 spiro atoms. The van der Waals surface area contributed by atoms with Gasteiger partial charge in [-0.15, -0.1) is 0 Å². The summed E-state index contributed by atoms with van der Waals surface area (Å²) >= 11 is 0. The summed E-state index contributed by atoms with van der Waals surface area (Å²) in [5.41, 5.74) is 5.65. The molecule has 0 saturated carbocycles. The molecule has 6 heteroatoms. The van der Waals surface area contributed by atoms with Crippen LogP contribution in [0, 0.1) is 13.8 Å². The maximum absolute atomic E-state index is 5.54. The average Bonchev–Trinajstić information content (AvgIpc) is 3.38. The van der Waals surface area contributed by atoms with Gasteiger partial charge in [0.25, 0.3) is 0 Å². The van der Waals surface area contributed by atoms with Gasteiger partial charge in [0.2, 0.25) is 0 Å². The minimum Gasteiger partial charge on any atom is -0.494 e. The van der Waals surface area contributed by atoms with Crippen LogP contribution in [0.15, 0.2) is 35.0 Å². The van der Waals surface area contributed by atoms with Crippen LogP contribution in [0.5, 0.6) is 5.75 Å². The Kier molecular flexibility index (Phi) is 4.99. The summed E-state index contributed by atoms with van der Waals surface area (Å²) in [6, 6.07) is 8.53. The third-order valence-electron chi connectivity index (χ3n) is 5.33. The lowest BCUT2D eigenvalue weighted by Gasteiger charge is -2.24. The van der Waals surface area contributed by atoms with Gasteiger partial charge in [-0.25, -0.2) is 0 Å². The molecule has 1 fully saturated rings. The van der Waals surface area contributed by atoms with Crippen molar-refractivity contribution >= 4 is 0 Å². The maximum Gasteiger partial charge on any atom is 0.138 e. The number of hydrogen-bond acceptors (Lipinski definition) is 5. The highest BCUT2D eigenvalue weighted by Gasteiger charge is 2.31. The van der Waals surface area contributed by atoms with Gasteiger partial charge in [0.05, 0.1) is 24.2 Å². The molecule has 3 aromatic rings. The minimum atomic E-state index is 0.360. The Morgan fingerprint density at radius 1 is 1.26 bits per heavy atom. The number of rotatable bonds is 6. The van der Waals surface area contributed by atoms with Crippen molar-refractivity contribution in [1.82, 2.24) is 20.3 Å². The predicted molar refractivity (Wildman–Crippen MR) is 104 cm³/mol. The molecule has 1 atom stereocenters. The summed E-state index contributed by atoms with van der Waals surface area (Å²) in [7, 11) is 0. The zero-order valence-corrected chi connectivity index (χ0v) is 16.2. The Bertz CT molecular complexity index is 878. The molecule has 2 aromatic heterocycles. The molecule has 0 amide bonds. The number of H-pyrrole nitrogens is 1. The first-order valence-corrected chi connectivity index (χ1v) is 9.59. The van der Waals surface area contributed by atoms with Crippen molar-refractivity contribution in [3.8, 4) is 17.0 Å². The fraction of sp³-hybridized carbons (Fsp3) is 0.429. The number of ether oxygens (including phenoxy) is 1. The van der Waals surface area contributed by atoms with Gasteiger partial charge in [-0.2, -0.15) is 5.10 Å². The standard InChI is InChI=1S/C21H26N4O2/c1-4-26-18-9-7-16(8-10-18)21-17(12-22-23-21)13-25-11-5-6-19(25)20-14(2)24-27-15(20)3/h7-10,12,19H,4-6,11,13H2,1-3H3,(H,22,23). The van der Waals surface area contributed by atoms with E-state index in [-0.39, 0.29) is 0 Å². The SMILES string of the molecule is CCOc1ccc(-c2[nH]ncc2CN2CCCC2c2c(C)noc2C)cc1. The van der Waals surface area contributed by atoms with Crippen LogP contribution in [0.3, 0.4) is 0 Å². The van der Waals surface area contributed by atoms with Crippen molar-refractivity contribution in [3.63, 3.8) is 0 Å². The van der Waals surface area contributed by atoms with E-state index in [1.807, 2.05) is 39.1 Å². The lowest BCUT2D eigenvalue weighted by Crippen LogP contribution is -2.23. The fourth-order valence-corrected chi connectivity index (χ4v) is 4.09. The summed E-state index contributed by atoms with van der Waals surface area (Å²) in [5, 5.41) is 11.6. The molecule has 1 aromatic carbocycles. The number of hydrogen-bond donors (Lipinski definition) is 1.